The van der Waals surface area contributed by atoms with Gasteiger partial charge in [-0.1, -0.05) is 11.2 Å². The Hall–Kier alpha value is -2.44. The summed E-state index contributed by atoms with van der Waals surface area (Å²) in [5.74, 6) is 1.32. The number of aromatic carboxylic acids is 1. The van der Waals surface area contributed by atoms with Crippen LogP contribution in [0.4, 0.5) is 5.82 Å². The molecule has 3 rings (SSSR count). The van der Waals surface area contributed by atoms with E-state index in [0.717, 1.165) is 25.9 Å². The fourth-order valence-electron chi connectivity index (χ4n) is 2.55. The summed E-state index contributed by atoms with van der Waals surface area (Å²) >= 11 is 0. The van der Waals surface area contributed by atoms with E-state index in [1.807, 2.05) is 13.0 Å². The quantitative estimate of drug-likeness (QED) is 0.921. The Kier molecular flexibility index (Phi) is 3.55. The molecule has 0 radical (unpaired) electrons. The van der Waals surface area contributed by atoms with E-state index in [9.17, 15) is 4.79 Å². The first kappa shape index (κ1) is 13.5. The normalized spacial score (nSPS) is 16.1. The van der Waals surface area contributed by atoms with Crippen LogP contribution in [-0.4, -0.2) is 39.3 Å². The summed E-state index contributed by atoms with van der Waals surface area (Å²) in [6.45, 7) is 3.40. The van der Waals surface area contributed by atoms with E-state index < -0.39 is 5.97 Å². The van der Waals surface area contributed by atoms with Crippen LogP contribution in [0.25, 0.3) is 0 Å². The second kappa shape index (κ2) is 5.51. The maximum absolute atomic E-state index is 11.0. The predicted octanol–water partition coefficient (Wildman–Crippen LogP) is 1.86. The van der Waals surface area contributed by atoms with Gasteiger partial charge in [-0.3, -0.25) is 0 Å². The number of anilines is 1. The molecule has 21 heavy (non-hydrogen) atoms. The predicted molar refractivity (Wildman–Crippen MR) is 74.4 cm³/mol. The van der Waals surface area contributed by atoms with Crippen molar-refractivity contribution in [3.05, 3.63) is 35.6 Å². The molecule has 2 aromatic heterocycles. The Morgan fingerprint density at radius 2 is 2.10 bits per heavy atom. The third-order valence-electron chi connectivity index (χ3n) is 3.66. The molecule has 0 bridgehead atoms. The summed E-state index contributed by atoms with van der Waals surface area (Å²) < 4.78 is 5.22. The lowest BCUT2D eigenvalue weighted by atomic mass is 9.97. The van der Waals surface area contributed by atoms with E-state index in [1.54, 1.807) is 6.07 Å². The molecule has 1 N–H and O–H groups in total. The Morgan fingerprint density at radius 3 is 2.71 bits per heavy atom. The number of carboxylic acids is 1. The van der Waals surface area contributed by atoms with Gasteiger partial charge in [-0.2, -0.15) is 4.98 Å². The molecule has 0 aromatic carbocycles. The number of carboxylic acid groups (broad SMARTS) is 1. The molecule has 110 valence electrons. The molecule has 7 nitrogen and oxygen atoms in total. The number of piperidine rings is 1. The van der Waals surface area contributed by atoms with E-state index >= 15 is 0 Å². The Balaban J connectivity index is 1.68. The molecule has 1 fully saturated rings. The SMILES string of the molecule is Cc1noc(C2CCN(c3cccc(C(=O)O)n3)CC2)n1. The monoisotopic (exact) mass is 288 g/mol. The van der Waals surface area contributed by atoms with Gasteiger partial charge in [-0.05, 0) is 31.9 Å². The van der Waals surface area contributed by atoms with Gasteiger partial charge in [0.1, 0.15) is 5.82 Å². The zero-order valence-electron chi connectivity index (χ0n) is 11.7. The maximum Gasteiger partial charge on any atom is 0.354 e. The Labute approximate surface area is 121 Å². The van der Waals surface area contributed by atoms with E-state index in [4.69, 9.17) is 9.63 Å². The number of aryl methyl sites for hydroxylation is 1. The van der Waals surface area contributed by atoms with Gasteiger partial charge in [0.05, 0.1) is 0 Å². The first-order valence-corrected chi connectivity index (χ1v) is 6.89. The van der Waals surface area contributed by atoms with Crippen molar-refractivity contribution in [3.8, 4) is 0 Å². The second-order valence-electron chi connectivity index (χ2n) is 5.13. The Bertz CT molecular complexity index is 647. The van der Waals surface area contributed by atoms with Gasteiger partial charge in [0.15, 0.2) is 11.5 Å². The maximum atomic E-state index is 11.0. The minimum absolute atomic E-state index is 0.0714. The molecule has 0 unspecified atom stereocenters. The van der Waals surface area contributed by atoms with Gasteiger partial charge < -0.3 is 14.5 Å². The standard InChI is InChI=1S/C14H16N4O3/c1-9-15-13(21-17-9)10-5-7-18(8-6-10)12-4-2-3-11(16-12)14(19)20/h2-4,10H,5-8H2,1H3,(H,19,20). The number of carbonyl (C=O) groups is 1. The lowest BCUT2D eigenvalue weighted by molar-refractivity contribution is 0.0690. The van der Waals surface area contributed by atoms with Crippen LogP contribution >= 0.6 is 0 Å². The van der Waals surface area contributed by atoms with Crippen molar-refractivity contribution in [1.82, 2.24) is 15.1 Å². The van der Waals surface area contributed by atoms with Crippen LogP contribution in [-0.2, 0) is 0 Å². The zero-order valence-corrected chi connectivity index (χ0v) is 11.7. The molecular formula is C14H16N4O3. The highest BCUT2D eigenvalue weighted by molar-refractivity contribution is 5.85. The molecule has 0 amide bonds. The van der Waals surface area contributed by atoms with E-state index in [1.165, 1.54) is 6.07 Å². The fourth-order valence-corrected chi connectivity index (χ4v) is 2.55. The molecule has 1 saturated heterocycles. The van der Waals surface area contributed by atoms with Crippen molar-refractivity contribution in [1.29, 1.82) is 0 Å². The average molecular weight is 288 g/mol. The summed E-state index contributed by atoms with van der Waals surface area (Å²) in [6.07, 6.45) is 1.78. The summed E-state index contributed by atoms with van der Waals surface area (Å²) in [6, 6.07) is 5.06. The lowest BCUT2D eigenvalue weighted by Gasteiger charge is -2.31. The van der Waals surface area contributed by atoms with Gasteiger partial charge >= 0.3 is 5.97 Å². The topological polar surface area (TPSA) is 92.4 Å². The molecule has 0 saturated carbocycles. The van der Waals surface area contributed by atoms with Crippen LogP contribution in [0.2, 0.25) is 0 Å². The first-order valence-electron chi connectivity index (χ1n) is 6.89. The van der Waals surface area contributed by atoms with Crippen LogP contribution in [0.15, 0.2) is 22.7 Å². The summed E-state index contributed by atoms with van der Waals surface area (Å²) in [4.78, 5) is 21.5. The van der Waals surface area contributed by atoms with Gasteiger partial charge in [0.25, 0.3) is 0 Å². The van der Waals surface area contributed by atoms with Gasteiger partial charge in [-0.15, -0.1) is 0 Å². The number of rotatable bonds is 3. The van der Waals surface area contributed by atoms with Crippen molar-refractivity contribution in [2.24, 2.45) is 0 Å². The van der Waals surface area contributed by atoms with Gasteiger partial charge in [0, 0.05) is 19.0 Å². The second-order valence-corrected chi connectivity index (χ2v) is 5.13. The number of hydrogen-bond donors (Lipinski definition) is 1. The van der Waals surface area contributed by atoms with Crippen molar-refractivity contribution >= 4 is 11.8 Å². The van der Waals surface area contributed by atoms with E-state index in [-0.39, 0.29) is 11.6 Å². The molecule has 1 aliphatic rings. The van der Waals surface area contributed by atoms with Crippen LogP contribution in [0, 0.1) is 6.92 Å². The molecule has 1 aliphatic heterocycles. The van der Waals surface area contributed by atoms with E-state index in [2.05, 4.69) is 20.0 Å². The smallest absolute Gasteiger partial charge is 0.354 e. The number of pyridine rings is 1. The van der Waals surface area contributed by atoms with E-state index in [0.29, 0.717) is 17.5 Å². The summed E-state index contributed by atoms with van der Waals surface area (Å²) in [5, 5.41) is 12.8. The number of hydrogen-bond acceptors (Lipinski definition) is 6. The van der Waals surface area contributed by atoms with Gasteiger partial charge in [-0.25, -0.2) is 9.78 Å². The van der Waals surface area contributed by atoms with Crippen molar-refractivity contribution in [2.45, 2.75) is 25.7 Å². The summed E-state index contributed by atoms with van der Waals surface area (Å²) in [7, 11) is 0. The lowest BCUT2D eigenvalue weighted by Crippen LogP contribution is -2.33. The molecule has 0 aliphatic carbocycles. The third-order valence-corrected chi connectivity index (χ3v) is 3.66. The highest BCUT2D eigenvalue weighted by Gasteiger charge is 2.25. The minimum atomic E-state index is -1.01. The highest BCUT2D eigenvalue weighted by Crippen LogP contribution is 2.28. The number of aromatic nitrogens is 3. The molecule has 2 aromatic rings. The average Bonchev–Trinajstić information content (AvgIpc) is 2.94. The third kappa shape index (κ3) is 2.86. The van der Waals surface area contributed by atoms with Crippen LogP contribution in [0.5, 0.6) is 0 Å². The first-order chi connectivity index (χ1) is 10.1. The Morgan fingerprint density at radius 1 is 1.33 bits per heavy atom. The van der Waals surface area contributed by atoms with Crippen molar-refractivity contribution in [3.63, 3.8) is 0 Å². The van der Waals surface area contributed by atoms with Crippen LogP contribution in [0.3, 0.4) is 0 Å². The zero-order chi connectivity index (χ0) is 14.8. The highest BCUT2D eigenvalue weighted by atomic mass is 16.5. The summed E-state index contributed by atoms with van der Waals surface area (Å²) in [5.41, 5.74) is 0.0714. The fraction of sp³-hybridized carbons (Fsp3) is 0.429. The van der Waals surface area contributed by atoms with Crippen molar-refractivity contribution in [2.75, 3.05) is 18.0 Å². The van der Waals surface area contributed by atoms with Crippen LogP contribution < -0.4 is 4.90 Å². The van der Waals surface area contributed by atoms with Gasteiger partial charge in [0.2, 0.25) is 5.89 Å². The minimum Gasteiger partial charge on any atom is -0.477 e. The molecule has 0 spiro atoms. The van der Waals surface area contributed by atoms with Crippen molar-refractivity contribution < 1.29 is 14.4 Å². The molecule has 0 atom stereocenters. The number of nitrogens with zero attached hydrogens (tertiary/aromatic N) is 4. The molecular weight excluding hydrogens is 272 g/mol. The largest absolute Gasteiger partial charge is 0.477 e. The van der Waals surface area contributed by atoms with Crippen LogP contribution in [0.1, 0.15) is 41.0 Å². The molecule has 3 heterocycles. The molecule has 7 heteroatoms.